The largest absolute Gasteiger partial charge is 0.481 e. The van der Waals surface area contributed by atoms with E-state index in [-0.39, 0.29) is 18.8 Å². The van der Waals surface area contributed by atoms with Gasteiger partial charge in [0.25, 0.3) is 0 Å². The van der Waals surface area contributed by atoms with Crippen LogP contribution in [0.2, 0.25) is 0 Å². The van der Waals surface area contributed by atoms with E-state index in [9.17, 15) is 18.0 Å². The minimum absolute atomic E-state index is 0.234. The molecule has 0 aliphatic heterocycles. The predicted octanol–water partition coefficient (Wildman–Crippen LogP) is 4.25. The van der Waals surface area contributed by atoms with Crippen molar-refractivity contribution in [2.24, 2.45) is 23.7 Å². The molecule has 2 aliphatic carbocycles. The standard InChI is InChI=1S/C14H21F3O2/c15-14(16,17)12-7-5-10(6-8-12)9-1-3-11(4-2-9)13(18)19/h9-12H,1-8H2,(H,18,19). The van der Waals surface area contributed by atoms with E-state index in [4.69, 9.17) is 5.11 Å². The van der Waals surface area contributed by atoms with Gasteiger partial charge in [-0.3, -0.25) is 4.79 Å². The van der Waals surface area contributed by atoms with Crippen LogP contribution < -0.4 is 0 Å². The average Bonchev–Trinajstić information content (AvgIpc) is 2.38. The maximum atomic E-state index is 12.6. The number of alkyl halides is 3. The van der Waals surface area contributed by atoms with Crippen LogP contribution >= 0.6 is 0 Å². The Balaban J connectivity index is 1.78. The summed E-state index contributed by atoms with van der Waals surface area (Å²) in [4.78, 5) is 10.9. The Hall–Kier alpha value is -0.740. The van der Waals surface area contributed by atoms with Gasteiger partial charge in [-0.1, -0.05) is 0 Å². The normalized spacial score (nSPS) is 37.0. The molecular weight excluding hydrogens is 257 g/mol. The van der Waals surface area contributed by atoms with Crippen LogP contribution in [0, 0.1) is 23.7 Å². The van der Waals surface area contributed by atoms with Crippen LogP contribution in [0.3, 0.4) is 0 Å². The average molecular weight is 278 g/mol. The zero-order chi connectivity index (χ0) is 14.0. The number of carboxylic acid groups (broad SMARTS) is 1. The fourth-order valence-corrected chi connectivity index (χ4v) is 3.76. The summed E-state index contributed by atoms with van der Waals surface area (Å²) < 4.78 is 37.8. The third-order valence-corrected chi connectivity index (χ3v) is 5.02. The van der Waals surface area contributed by atoms with Gasteiger partial charge in [-0.2, -0.15) is 13.2 Å². The summed E-state index contributed by atoms with van der Waals surface area (Å²) in [5.74, 6) is -1.24. The van der Waals surface area contributed by atoms with Gasteiger partial charge in [-0.25, -0.2) is 0 Å². The van der Waals surface area contributed by atoms with Crippen molar-refractivity contribution in [2.45, 2.75) is 57.5 Å². The van der Waals surface area contributed by atoms with Crippen molar-refractivity contribution in [3.8, 4) is 0 Å². The second kappa shape index (κ2) is 5.71. The molecule has 2 saturated carbocycles. The van der Waals surface area contributed by atoms with Crippen molar-refractivity contribution in [3.05, 3.63) is 0 Å². The SMILES string of the molecule is O=C(O)C1CCC(C2CCC(C(F)(F)F)CC2)CC1. The van der Waals surface area contributed by atoms with Crippen molar-refractivity contribution in [1.29, 1.82) is 0 Å². The first kappa shape index (κ1) is 14.7. The van der Waals surface area contributed by atoms with Crippen LogP contribution in [0.5, 0.6) is 0 Å². The molecule has 0 atom stereocenters. The smallest absolute Gasteiger partial charge is 0.391 e. The lowest BCUT2D eigenvalue weighted by Crippen LogP contribution is -2.32. The monoisotopic (exact) mass is 278 g/mol. The third kappa shape index (κ3) is 3.63. The van der Waals surface area contributed by atoms with E-state index < -0.39 is 18.1 Å². The Labute approximate surface area is 111 Å². The molecule has 0 radical (unpaired) electrons. The van der Waals surface area contributed by atoms with Crippen LogP contribution in [0.25, 0.3) is 0 Å². The van der Waals surface area contributed by atoms with E-state index in [2.05, 4.69) is 0 Å². The molecule has 1 N–H and O–H groups in total. The Bertz CT molecular complexity index is 311. The first-order valence-electron chi connectivity index (χ1n) is 7.17. The van der Waals surface area contributed by atoms with Crippen LogP contribution in [0.15, 0.2) is 0 Å². The summed E-state index contributed by atoms with van der Waals surface area (Å²) in [5, 5.41) is 8.93. The molecule has 0 spiro atoms. The van der Waals surface area contributed by atoms with E-state index in [1.165, 1.54) is 0 Å². The van der Waals surface area contributed by atoms with Gasteiger partial charge in [0.1, 0.15) is 0 Å². The second-order valence-corrected chi connectivity index (χ2v) is 6.10. The number of hydrogen-bond acceptors (Lipinski definition) is 1. The van der Waals surface area contributed by atoms with Gasteiger partial charge in [0, 0.05) is 0 Å². The Morgan fingerprint density at radius 3 is 1.63 bits per heavy atom. The lowest BCUT2D eigenvalue weighted by molar-refractivity contribution is -0.185. The highest BCUT2D eigenvalue weighted by molar-refractivity contribution is 5.69. The van der Waals surface area contributed by atoms with Gasteiger partial charge in [0.15, 0.2) is 0 Å². The van der Waals surface area contributed by atoms with E-state index in [0.29, 0.717) is 37.5 Å². The number of carbonyl (C=O) groups is 1. The highest BCUT2D eigenvalue weighted by Gasteiger charge is 2.42. The third-order valence-electron chi connectivity index (χ3n) is 5.02. The van der Waals surface area contributed by atoms with E-state index >= 15 is 0 Å². The molecule has 2 rings (SSSR count). The zero-order valence-electron chi connectivity index (χ0n) is 11.0. The molecule has 5 heteroatoms. The number of halogens is 3. The molecule has 0 heterocycles. The van der Waals surface area contributed by atoms with E-state index in [0.717, 1.165) is 12.8 Å². The molecule has 2 fully saturated rings. The Morgan fingerprint density at radius 1 is 0.842 bits per heavy atom. The van der Waals surface area contributed by atoms with Crippen LogP contribution in [0.1, 0.15) is 51.4 Å². The topological polar surface area (TPSA) is 37.3 Å². The molecule has 2 nitrogen and oxygen atoms in total. The molecule has 19 heavy (non-hydrogen) atoms. The summed E-state index contributed by atoms with van der Waals surface area (Å²) in [6, 6.07) is 0. The van der Waals surface area contributed by atoms with Crippen LogP contribution in [-0.4, -0.2) is 17.3 Å². The van der Waals surface area contributed by atoms with E-state index in [1.807, 2.05) is 0 Å². The predicted molar refractivity (Wildman–Crippen MR) is 64.6 cm³/mol. The summed E-state index contributed by atoms with van der Waals surface area (Å²) >= 11 is 0. The summed E-state index contributed by atoms with van der Waals surface area (Å²) in [5.41, 5.74) is 0. The van der Waals surface area contributed by atoms with Gasteiger partial charge in [0.2, 0.25) is 0 Å². The fraction of sp³-hybridized carbons (Fsp3) is 0.929. The Kier molecular flexibility index (Phi) is 4.41. The fourth-order valence-electron chi connectivity index (χ4n) is 3.76. The van der Waals surface area contributed by atoms with E-state index in [1.54, 1.807) is 0 Å². The molecule has 0 aromatic rings. The first-order chi connectivity index (χ1) is 8.88. The highest BCUT2D eigenvalue weighted by atomic mass is 19.4. The molecule has 110 valence electrons. The van der Waals surface area contributed by atoms with Crippen LogP contribution in [-0.2, 0) is 4.79 Å². The molecular formula is C14H21F3O2. The van der Waals surface area contributed by atoms with Gasteiger partial charge in [-0.15, -0.1) is 0 Å². The van der Waals surface area contributed by atoms with Gasteiger partial charge >= 0.3 is 12.1 Å². The van der Waals surface area contributed by atoms with Crippen LogP contribution in [0.4, 0.5) is 13.2 Å². The molecule has 0 unspecified atom stereocenters. The highest BCUT2D eigenvalue weighted by Crippen LogP contribution is 2.45. The maximum absolute atomic E-state index is 12.6. The van der Waals surface area contributed by atoms with Crippen molar-refractivity contribution in [1.82, 2.24) is 0 Å². The zero-order valence-corrected chi connectivity index (χ0v) is 11.0. The molecule has 0 aromatic carbocycles. The lowest BCUT2D eigenvalue weighted by Gasteiger charge is -2.37. The molecule has 2 aliphatic rings. The Morgan fingerprint density at radius 2 is 1.26 bits per heavy atom. The van der Waals surface area contributed by atoms with Gasteiger partial charge in [0.05, 0.1) is 11.8 Å². The molecule has 0 saturated heterocycles. The van der Waals surface area contributed by atoms with Crippen molar-refractivity contribution < 1.29 is 23.1 Å². The first-order valence-corrected chi connectivity index (χ1v) is 7.17. The minimum Gasteiger partial charge on any atom is -0.481 e. The summed E-state index contributed by atoms with van der Waals surface area (Å²) in [6.07, 6.45) is 0.931. The minimum atomic E-state index is -4.04. The summed E-state index contributed by atoms with van der Waals surface area (Å²) in [6.45, 7) is 0. The van der Waals surface area contributed by atoms with Crippen molar-refractivity contribution >= 4 is 5.97 Å². The quantitative estimate of drug-likeness (QED) is 0.820. The van der Waals surface area contributed by atoms with Crippen molar-refractivity contribution in [2.75, 3.05) is 0 Å². The van der Waals surface area contributed by atoms with Gasteiger partial charge < -0.3 is 5.11 Å². The molecule has 0 aromatic heterocycles. The number of carboxylic acids is 1. The van der Waals surface area contributed by atoms with Crippen molar-refractivity contribution in [3.63, 3.8) is 0 Å². The number of rotatable bonds is 2. The van der Waals surface area contributed by atoms with Gasteiger partial charge in [-0.05, 0) is 63.2 Å². The molecule has 0 amide bonds. The molecule has 0 bridgehead atoms. The second-order valence-electron chi connectivity index (χ2n) is 6.10. The number of aliphatic carboxylic acids is 1. The maximum Gasteiger partial charge on any atom is 0.391 e. The lowest BCUT2D eigenvalue weighted by atomic mass is 9.69. The number of hydrogen-bond donors (Lipinski definition) is 1. The summed E-state index contributed by atoms with van der Waals surface area (Å²) in [7, 11) is 0.